The molecule has 0 saturated carbocycles. The summed E-state index contributed by atoms with van der Waals surface area (Å²) in [5.41, 5.74) is 2.91. The highest BCUT2D eigenvalue weighted by Gasteiger charge is 2.20. The maximum Gasteiger partial charge on any atom is 0.328 e. The number of unbranched alkanes of at least 4 members (excludes halogenated alkanes) is 1. The Balaban J connectivity index is 1.92. The van der Waals surface area contributed by atoms with Gasteiger partial charge in [0, 0.05) is 11.3 Å². The van der Waals surface area contributed by atoms with Gasteiger partial charge in [0.25, 0.3) is 0 Å². The summed E-state index contributed by atoms with van der Waals surface area (Å²) < 4.78 is 4.76. The smallest absolute Gasteiger partial charge is 0.328 e. The summed E-state index contributed by atoms with van der Waals surface area (Å²) in [6.45, 7) is 1.98. The average Bonchev–Trinajstić information content (AvgIpc) is 2.75. The van der Waals surface area contributed by atoms with Crippen LogP contribution in [0.25, 0.3) is 11.1 Å². The van der Waals surface area contributed by atoms with Gasteiger partial charge >= 0.3 is 5.97 Å². The quantitative estimate of drug-likeness (QED) is 0.431. The first-order valence-electron chi connectivity index (χ1n) is 9.61. The van der Waals surface area contributed by atoms with E-state index in [-0.39, 0.29) is 12.5 Å². The maximum atomic E-state index is 12.2. The molecule has 7 heteroatoms. The van der Waals surface area contributed by atoms with Gasteiger partial charge in [-0.1, -0.05) is 68.3 Å². The van der Waals surface area contributed by atoms with Crippen LogP contribution in [0.1, 0.15) is 26.2 Å². The highest BCUT2D eigenvalue weighted by atomic mass is 32.1. The summed E-state index contributed by atoms with van der Waals surface area (Å²) in [6.07, 6.45) is 2.29. The lowest BCUT2D eigenvalue weighted by molar-refractivity contribution is -0.145. The van der Waals surface area contributed by atoms with Crippen LogP contribution in [-0.2, 0) is 14.3 Å². The highest BCUT2D eigenvalue weighted by molar-refractivity contribution is 7.80. The van der Waals surface area contributed by atoms with E-state index in [9.17, 15) is 9.59 Å². The van der Waals surface area contributed by atoms with E-state index in [2.05, 4.69) is 16.0 Å². The largest absolute Gasteiger partial charge is 0.467 e. The number of amides is 1. The third kappa shape index (κ3) is 7.19. The van der Waals surface area contributed by atoms with E-state index in [4.69, 9.17) is 17.0 Å². The molecule has 0 aliphatic rings. The summed E-state index contributed by atoms with van der Waals surface area (Å²) in [6, 6.07) is 17.1. The number of rotatable bonds is 9. The number of ether oxygens (including phenoxy) is 1. The number of carbonyl (C=O) groups is 2. The number of methoxy groups -OCH3 is 1. The van der Waals surface area contributed by atoms with Crippen molar-refractivity contribution >= 4 is 34.9 Å². The van der Waals surface area contributed by atoms with Gasteiger partial charge in [-0.2, -0.15) is 0 Å². The van der Waals surface area contributed by atoms with Gasteiger partial charge in [0.2, 0.25) is 5.91 Å². The van der Waals surface area contributed by atoms with Gasteiger partial charge in [0.05, 0.1) is 13.7 Å². The molecule has 2 rings (SSSR count). The summed E-state index contributed by atoms with van der Waals surface area (Å²) >= 11 is 5.33. The molecule has 1 amide bonds. The summed E-state index contributed by atoms with van der Waals surface area (Å²) in [7, 11) is 1.31. The van der Waals surface area contributed by atoms with Gasteiger partial charge in [-0.05, 0) is 30.3 Å². The lowest BCUT2D eigenvalue weighted by Crippen LogP contribution is -2.46. The standard InChI is InChI=1S/C22H27N3O3S/c1-3-4-13-19(21(27)28-2)24-20(26)15-23-22(29)25-18-14-9-8-12-17(18)16-10-6-5-7-11-16/h5-12,14,19H,3-4,13,15H2,1-2H3,(H,24,26)(H2,23,25,29). The third-order valence-corrected chi connectivity index (χ3v) is 4.58. The monoisotopic (exact) mass is 413 g/mol. The van der Waals surface area contributed by atoms with Crippen LogP contribution in [0.4, 0.5) is 5.69 Å². The maximum absolute atomic E-state index is 12.2. The molecule has 1 unspecified atom stereocenters. The topological polar surface area (TPSA) is 79.5 Å². The molecule has 29 heavy (non-hydrogen) atoms. The van der Waals surface area contributed by atoms with E-state index in [0.29, 0.717) is 11.5 Å². The second-order valence-electron chi connectivity index (χ2n) is 6.50. The number of thiocarbonyl (C=S) groups is 1. The van der Waals surface area contributed by atoms with Gasteiger partial charge in [0.1, 0.15) is 6.04 Å². The highest BCUT2D eigenvalue weighted by Crippen LogP contribution is 2.27. The molecule has 0 spiro atoms. The fourth-order valence-electron chi connectivity index (χ4n) is 2.83. The van der Waals surface area contributed by atoms with E-state index in [1.54, 1.807) is 0 Å². The fourth-order valence-corrected chi connectivity index (χ4v) is 3.02. The molecule has 0 aromatic heterocycles. The minimum absolute atomic E-state index is 0.0427. The van der Waals surface area contributed by atoms with Crippen molar-refractivity contribution in [2.24, 2.45) is 0 Å². The Hall–Kier alpha value is -2.93. The number of nitrogens with one attached hydrogen (secondary N) is 3. The molecular weight excluding hydrogens is 386 g/mol. The SMILES string of the molecule is CCCCC(NC(=O)CNC(=S)Nc1ccccc1-c1ccccc1)C(=O)OC. The Kier molecular flexibility index (Phi) is 9.11. The zero-order valence-electron chi connectivity index (χ0n) is 16.7. The second-order valence-corrected chi connectivity index (χ2v) is 6.91. The normalized spacial score (nSPS) is 11.2. The number of para-hydroxylation sites is 1. The molecule has 0 saturated heterocycles. The van der Waals surface area contributed by atoms with E-state index >= 15 is 0 Å². The van der Waals surface area contributed by atoms with Gasteiger partial charge in [0.15, 0.2) is 5.11 Å². The van der Waals surface area contributed by atoms with Crippen molar-refractivity contribution in [2.45, 2.75) is 32.2 Å². The Morgan fingerprint density at radius 1 is 1.07 bits per heavy atom. The van der Waals surface area contributed by atoms with Crippen molar-refractivity contribution in [1.82, 2.24) is 10.6 Å². The summed E-state index contributed by atoms with van der Waals surface area (Å²) in [4.78, 5) is 24.0. The molecule has 0 aliphatic heterocycles. The van der Waals surface area contributed by atoms with Crippen LogP contribution in [0.2, 0.25) is 0 Å². The number of anilines is 1. The van der Waals surface area contributed by atoms with Crippen molar-refractivity contribution in [2.75, 3.05) is 19.0 Å². The van der Waals surface area contributed by atoms with Gasteiger partial charge in [-0.15, -0.1) is 0 Å². The number of esters is 1. The van der Waals surface area contributed by atoms with Crippen molar-refractivity contribution in [1.29, 1.82) is 0 Å². The van der Waals surface area contributed by atoms with E-state index in [1.165, 1.54) is 7.11 Å². The van der Waals surface area contributed by atoms with Crippen LogP contribution in [-0.4, -0.2) is 36.7 Å². The van der Waals surface area contributed by atoms with Crippen LogP contribution in [0, 0.1) is 0 Å². The molecule has 6 nitrogen and oxygen atoms in total. The first kappa shape index (κ1) is 22.4. The predicted octanol–water partition coefficient (Wildman–Crippen LogP) is 3.49. The molecule has 3 N–H and O–H groups in total. The van der Waals surface area contributed by atoms with Crippen LogP contribution >= 0.6 is 12.2 Å². The molecule has 1 atom stereocenters. The summed E-state index contributed by atoms with van der Waals surface area (Å²) in [5, 5.41) is 9.04. The van der Waals surface area contributed by atoms with Crippen molar-refractivity contribution in [3.63, 3.8) is 0 Å². The third-order valence-electron chi connectivity index (χ3n) is 4.34. The van der Waals surface area contributed by atoms with Crippen LogP contribution in [0.15, 0.2) is 54.6 Å². The Bertz CT molecular complexity index is 827. The number of hydrogen-bond acceptors (Lipinski definition) is 4. The molecule has 2 aromatic rings. The molecule has 0 bridgehead atoms. The Morgan fingerprint density at radius 2 is 1.76 bits per heavy atom. The first-order valence-corrected chi connectivity index (χ1v) is 10.0. The number of benzene rings is 2. The van der Waals surface area contributed by atoms with E-state index in [0.717, 1.165) is 29.7 Å². The zero-order chi connectivity index (χ0) is 21.1. The lowest BCUT2D eigenvalue weighted by atomic mass is 10.0. The van der Waals surface area contributed by atoms with Gasteiger partial charge < -0.3 is 20.7 Å². The molecular formula is C22H27N3O3S. The molecule has 0 heterocycles. The average molecular weight is 414 g/mol. The molecule has 0 fully saturated rings. The van der Waals surface area contributed by atoms with Gasteiger partial charge in [-0.25, -0.2) is 4.79 Å². The van der Waals surface area contributed by atoms with Gasteiger partial charge in [-0.3, -0.25) is 4.79 Å². The minimum atomic E-state index is -0.644. The molecule has 154 valence electrons. The van der Waals surface area contributed by atoms with E-state index < -0.39 is 12.0 Å². The second kappa shape index (κ2) is 11.8. The molecule has 0 aliphatic carbocycles. The Morgan fingerprint density at radius 3 is 2.45 bits per heavy atom. The molecule has 0 radical (unpaired) electrons. The number of hydrogen-bond donors (Lipinski definition) is 3. The minimum Gasteiger partial charge on any atom is -0.467 e. The fraction of sp³-hybridized carbons (Fsp3) is 0.318. The summed E-state index contributed by atoms with van der Waals surface area (Å²) in [5.74, 6) is -0.763. The van der Waals surface area contributed by atoms with Crippen LogP contribution in [0.5, 0.6) is 0 Å². The van der Waals surface area contributed by atoms with Crippen molar-refractivity contribution in [3.8, 4) is 11.1 Å². The van der Waals surface area contributed by atoms with Crippen molar-refractivity contribution in [3.05, 3.63) is 54.6 Å². The predicted molar refractivity (Wildman–Crippen MR) is 120 cm³/mol. The van der Waals surface area contributed by atoms with Crippen molar-refractivity contribution < 1.29 is 14.3 Å². The van der Waals surface area contributed by atoms with Crippen LogP contribution in [0.3, 0.4) is 0 Å². The lowest BCUT2D eigenvalue weighted by Gasteiger charge is -2.17. The number of carbonyl (C=O) groups excluding carboxylic acids is 2. The molecule has 2 aromatic carbocycles. The zero-order valence-corrected chi connectivity index (χ0v) is 17.6. The van der Waals surface area contributed by atoms with E-state index in [1.807, 2.05) is 61.5 Å². The van der Waals surface area contributed by atoms with Crippen LogP contribution < -0.4 is 16.0 Å². The first-order chi connectivity index (χ1) is 14.0. The Labute approximate surface area is 177 Å².